The van der Waals surface area contributed by atoms with Gasteiger partial charge in [0.1, 0.15) is 0 Å². The quantitative estimate of drug-likeness (QED) is 0.810. The molecular weight excluding hydrogens is 286 g/mol. The maximum atomic E-state index is 11.5. The monoisotopic (exact) mass is 311 g/mol. The summed E-state index contributed by atoms with van der Waals surface area (Å²) in [5.41, 5.74) is 1.17. The van der Waals surface area contributed by atoms with E-state index in [9.17, 15) is 8.42 Å². The molecule has 1 fully saturated rings. The average molecular weight is 311 g/mol. The number of methoxy groups -OCH3 is 1. The van der Waals surface area contributed by atoms with Crippen LogP contribution in [0, 0.1) is 0 Å². The number of hydrogen-bond donors (Lipinski definition) is 0. The molecule has 1 saturated heterocycles. The Labute approximate surface area is 128 Å². The predicted molar refractivity (Wildman–Crippen MR) is 84.1 cm³/mol. The van der Waals surface area contributed by atoms with E-state index in [1.807, 2.05) is 12.1 Å². The zero-order valence-electron chi connectivity index (χ0n) is 12.9. The van der Waals surface area contributed by atoms with Crippen LogP contribution in [0.15, 0.2) is 29.2 Å². The van der Waals surface area contributed by atoms with Gasteiger partial charge in [0.25, 0.3) is 0 Å². The highest BCUT2D eigenvalue weighted by molar-refractivity contribution is 7.90. The summed E-state index contributed by atoms with van der Waals surface area (Å²) in [5.74, 6) is 0. The first kappa shape index (κ1) is 16.5. The third-order valence-corrected chi connectivity index (χ3v) is 5.27. The molecule has 21 heavy (non-hydrogen) atoms. The van der Waals surface area contributed by atoms with Gasteiger partial charge >= 0.3 is 0 Å². The van der Waals surface area contributed by atoms with E-state index in [1.54, 1.807) is 19.2 Å². The molecular formula is C16H25NO3S. The van der Waals surface area contributed by atoms with Crippen molar-refractivity contribution in [1.29, 1.82) is 0 Å². The van der Waals surface area contributed by atoms with Gasteiger partial charge in [0.05, 0.1) is 4.90 Å². The molecule has 0 bridgehead atoms. The molecule has 0 saturated carbocycles. The Morgan fingerprint density at radius 2 is 1.95 bits per heavy atom. The van der Waals surface area contributed by atoms with Crippen LogP contribution >= 0.6 is 0 Å². The second-order valence-corrected chi connectivity index (χ2v) is 7.83. The van der Waals surface area contributed by atoms with E-state index in [4.69, 9.17) is 4.74 Å². The van der Waals surface area contributed by atoms with Gasteiger partial charge in [0, 0.05) is 32.6 Å². The Hall–Kier alpha value is -0.910. The first-order valence-corrected chi connectivity index (χ1v) is 9.42. The maximum absolute atomic E-state index is 11.5. The zero-order chi connectivity index (χ0) is 15.3. The van der Waals surface area contributed by atoms with Crippen LogP contribution in [0.1, 0.15) is 31.2 Å². The molecule has 2 rings (SSSR count). The molecule has 1 aliphatic rings. The van der Waals surface area contributed by atoms with Crippen molar-refractivity contribution in [2.75, 3.05) is 26.5 Å². The van der Waals surface area contributed by atoms with Gasteiger partial charge in [-0.15, -0.1) is 0 Å². The van der Waals surface area contributed by atoms with Crippen LogP contribution in [0.5, 0.6) is 0 Å². The number of ether oxygens (including phenoxy) is 1. The van der Waals surface area contributed by atoms with E-state index in [1.165, 1.54) is 31.1 Å². The lowest BCUT2D eigenvalue weighted by Crippen LogP contribution is -2.39. The van der Waals surface area contributed by atoms with Crippen molar-refractivity contribution in [3.8, 4) is 0 Å². The lowest BCUT2D eigenvalue weighted by atomic mass is 9.99. The molecule has 118 valence electrons. The minimum absolute atomic E-state index is 0.390. The molecule has 1 aromatic carbocycles. The zero-order valence-corrected chi connectivity index (χ0v) is 13.7. The van der Waals surface area contributed by atoms with Gasteiger partial charge in [0.15, 0.2) is 9.84 Å². The molecule has 1 atom stereocenters. The summed E-state index contributed by atoms with van der Waals surface area (Å²) in [5, 5.41) is 0. The summed E-state index contributed by atoms with van der Waals surface area (Å²) in [7, 11) is -1.36. The van der Waals surface area contributed by atoms with Crippen molar-refractivity contribution in [1.82, 2.24) is 4.90 Å². The van der Waals surface area contributed by atoms with Crippen LogP contribution in [0.3, 0.4) is 0 Å². The normalized spacial score (nSPS) is 20.6. The van der Waals surface area contributed by atoms with Crippen molar-refractivity contribution in [3.05, 3.63) is 29.8 Å². The van der Waals surface area contributed by atoms with Crippen molar-refractivity contribution in [2.45, 2.75) is 43.2 Å². The van der Waals surface area contributed by atoms with E-state index in [-0.39, 0.29) is 0 Å². The van der Waals surface area contributed by atoms with Gasteiger partial charge in [-0.05, 0) is 43.5 Å². The number of nitrogens with zero attached hydrogens (tertiary/aromatic N) is 1. The van der Waals surface area contributed by atoms with Gasteiger partial charge < -0.3 is 4.74 Å². The highest BCUT2D eigenvalue weighted by atomic mass is 32.2. The largest absolute Gasteiger partial charge is 0.385 e. The van der Waals surface area contributed by atoms with E-state index < -0.39 is 9.84 Å². The van der Waals surface area contributed by atoms with Gasteiger partial charge in [-0.3, -0.25) is 4.90 Å². The maximum Gasteiger partial charge on any atom is 0.175 e. The first-order valence-electron chi connectivity index (χ1n) is 7.52. The number of hydrogen-bond acceptors (Lipinski definition) is 4. The lowest BCUT2D eigenvalue weighted by Gasteiger charge is -2.35. The van der Waals surface area contributed by atoms with Crippen LogP contribution in [-0.2, 0) is 21.1 Å². The molecule has 4 nitrogen and oxygen atoms in total. The van der Waals surface area contributed by atoms with E-state index in [0.29, 0.717) is 10.9 Å². The van der Waals surface area contributed by atoms with E-state index in [0.717, 1.165) is 26.1 Å². The van der Waals surface area contributed by atoms with E-state index in [2.05, 4.69) is 4.90 Å². The summed E-state index contributed by atoms with van der Waals surface area (Å²) in [6.07, 6.45) is 6.07. The van der Waals surface area contributed by atoms with Crippen LogP contribution in [0.25, 0.3) is 0 Å². The third kappa shape index (κ3) is 4.80. The molecule has 0 aromatic heterocycles. The summed E-state index contributed by atoms with van der Waals surface area (Å²) in [6.45, 7) is 2.80. The Morgan fingerprint density at radius 3 is 2.57 bits per heavy atom. The van der Waals surface area contributed by atoms with Gasteiger partial charge in [-0.1, -0.05) is 18.6 Å². The fraction of sp³-hybridized carbons (Fsp3) is 0.625. The summed E-state index contributed by atoms with van der Waals surface area (Å²) in [4.78, 5) is 2.89. The van der Waals surface area contributed by atoms with Gasteiger partial charge in [-0.2, -0.15) is 0 Å². The van der Waals surface area contributed by atoms with Gasteiger partial charge in [0.2, 0.25) is 0 Å². The molecule has 0 radical (unpaired) electrons. The summed E-state index contributed by atoms with van der Waals surface area (Å²) in [6, 6.07) is 7.85. The highest BCUT2D eigenvalue weighted by Crippen LogP contribution is 2.22. The minimum Gasteiger partial charge on any atom is -0.385 e. The SMILES string of the molecule is COCCC1CCCCN1Cc1ccc(S(C)(=O)=O)cc1. The van der Waals surface area contributed by atoms with Crippen LogP contribution < -0.4 is 0 Å². The smallest absolute Gasteiger partial charge is 0.175 e. The topological polar surface area (TPSA) is 46.6 Å². The molecule has 5 heteroatoms. The number of rotatable bonds is 6. The molecule has 1 unspecified atom stereocenters. The van der Waals surface area contributed by atoms with Crippen LogP contribution in [-0.4, -0.2) is 45.9 Å². The molecule has 1 heterocycles. The summed E-state index contributed by atoms with van der Waals surface area (Å²) >= 11 is 0. The lowest BCUT2D eigenvalue weighted by molar-refractivity contribution is 0.0974. The van der Waals surface area contributed by atoms with Crippen molar-refractivity contribution < 1.29 is 13.2 Å². The Bertz CT molecular complexity index is 539. The standard InChI is InChI=1S/C16H25NO3S/c1-20-12-10-15-5-3-4-11-17(15)13-14-6-8-16(9-7-14)21(2,18)19/h6-9,15H,3-5,10-13H2,1-2H3. The number of benzene rings is 1. The Morgan fingerprint density at radius 1 is 1.24 bits per heavy atom. The number of piperidine rings is 1. The first-order chi connectivity index (χ1) is 10.0. The molecule has 1 aromatic rings. The van der Waals surface area contributed by atoms with Crippen molar-refractivity contribution in [3.63, 3.8) is 0 Å². The molecule has 0 amide bonds. The van der Waals surface area contributed by atoms with Crippen molar-refractivity contribution in [2.24, 2.45) is 0 Å². The summed E-state index contributed by atoms with van der Waals surface area (Å²) < 4.78 is 28.2. The van der Waals surface area contributed by atoms with Crippen LogP contribution in [0.4, 0.5) is 0 Å². The minimum atomic E-state index is -3.11. The molecule has 0 N–H and O–H groups in total. The molecule has 0 aliphatic carbocycles. The van der Waals surface area contributed by atoms with E-state index >= 15 is 0 Å². The molecule has 0 spiro atoms. The second-order valence-electron chi connectivity index (χ2n) is 5.82. The highest BCUT2D eigenvalue weighted by Gasteiger charge is 2.22. The number of likely N-dealkylation sites (tertiary alicyclic amines) is 1. The van der Waals surface area contributed by atoms with Crippen LogP contribution in [0.2, 0.25) is 0 Å². The number of sulfone groups is 1. The Balaban J connectivity index is 2.01. The van der Waals surface area contributed by atoms with Gasteiger partial charge in [-0.25, -0.2) is 8.42 Å². The second kappa shape index (κ2) is 7.38. The third-order valence-electron chi connectivity index (χ3n) is 4.14. The molecule has 1 aliphatic heterocycles. The fourth-order valence-electron chi connectivity index (χ4n) is 2.93. The Kier molecular flexibility index (Phi) is 5.79. The fourth-order valence-corrected chi connectivity index (χ4v) is 3.56. The average Bonchev–Trinajstić information content (AvgIpc) is 2.46. The van der Waals surface area contributed by atoms with Crippen molar-refractivity contribution >= 4 is 9.84 Å². The predicted octanol–water partition coefficient (Wildman–Crippen LogP) is 2.48.